The number of amides is 2. The van der Waals surface area contributed by atoms with Gasteiger partial charge in [-0.2, -0.15) is 10.2 Å². The third-order valence-electron chi connectivity index (χ3n) is 6.00. The molecule has 0 saturated carbocycles. The standard InChI is InChI=1S/C23H31N9O/c1-5-19(6-2)31-12-17(11-27-31)22-21-7-8-26-32(21)15-20(28-22)16(9-24)10-25-18-13-30(14-18)23(33)29(3)4/h7-12,15,18-19H,5-6,13-14,24H2,1-4H3. The van der Waals surface area contributed by atoms with Crippen LogP contribution in [0.2, 0.25) is 0 Å². The highest BCUT2D eigenvalue weighted by Crippen LogP contribution is 2.26. The summed E-state index contributed by atoms with van der Waals surface area (Å²) in [5, 5.41) is 8.99. The van der Waals surface area contributed by atoms with Crippen molar-refractivity contribution in [3.05, 3.63) is 42.7 Å². The van der Waals surface area contributed by atoms with Crippen molar-refractivity contribution in [2.45, 2.75) is 38.8 Å². The van der Waals surface area contributed by atoms with Crippen LogP contribution < -0.4 is 5.73 Å². The molecule has 2 N–H and O–H groups in total. The van der Waals surface area contributed by atoms with E-state index in [1.54, 1.807) is 40.8 Å². The fourth-order valence-electron chi connectivity index (χ4n) is 3.97. The average Bonchev–Trinajstić information content (AvgIpc) is 3.45. The van der Waals surface area contributed by atoms with Crippen LogP contribution in [0.15, 0.2) is 42.0 Å². The van der Waals surface area contributed by atoms with Gasteiger partial charge in [0.1, 0.15) is 0 Å². The van der Waals surface area contributed by atoms with Crippen molar-refractivity contribution < 1.29 is 4.79 Å². The van der Waals surface area contributed by atoms with Crippen molar-refractivity contribution in [1.29, 1.82) is 0 Å². The maximum absolute atomic E-state index is 12.0. The Morgan fingerprint density at radius 3 is 2.70 bits per heavy atom. The van der Waals surface area contributed by atoms with Crippen LogP contribution in [-0.2, 0) is 0 Å². The smallest absolute Gasteiger partial charge is 0.319 e. The van der Waals surface area contributed by atoms with E-state index in [0.29, 0.717) is 30.4 Å². The first-order chi connectivity index (χ1) is 15.9. The number of carbonyl (C=O) groups is 1. The number of nitrogens with two attached hydrogens (primary N) is 1. The second kappa shape index (κ2) is 9.43. The van der Waals surface area contributed by atoms with Crippen LogP contribution in [0.4, 0.5) is 4.79 Å². The van der Waals surface area contributed by atoms with Gasteiger partial charge in [-0.05, 0) is 18.9 Å². The number of allylic oxidation sites excluding steroid dienone is 1. The molecule has 0 unspecified atom stereocenters. The zero-order valence-corrected chi connectivity index (χ0v) is 19.6. The molecule has 0 atom stereocenters. The molecule has 33 heavy (non-hydrogen) atoms. The van der Waals surface area contributed by atoms with Gasteiger partial charge in [0, 0.05) is 56.9 Å². The summed E-state index contributed by atoms with van der Waals surface area (Å²) in [5.41, 5.74) is 9.93. The molecule has 4 rings (SSSR count). The molecular formula is C23H31N9O. The van der Waals surface area contributed by atoms with E-state index in [2.05, 4.69) is 29.0 Å². The Morgan fingerprint density at radius 2 is 2.03 bits per heavy atom. The summed E-state index contributed by atoms with van der Waals surface area (Å²) in [5.74, 6) is 0. The van der Waals surface area contributed by atoms with Crippen LogP contribution in [0.1, 0.15) is 38.4 Å². The maximum atomic E-state index is 12.0. The molecule has 1 aliphatic rings. The lowest BCUT2D eigenvalue weighted by molar-refractivity contribution is 0.130. The van der Waals surface area contributed by atoms with Gasteiger partial charge in [0.05, 0.1) is 47.6 Å². The molecule has 4 heterocycles. The van der Waals surface area contributed by atoms with E-state index in [1.165, 1.54) is 6.20 Å². The van der Waals surface area contributed by atoms with Gasteiger partial charge < -0.3 is 15.5 Å². The van der Waals surface area contributed by atoms with Gasteiger partial charge in [0.25, 0.3) is 0 Å². The zero-order chi connectivity index (χ0) is 23.5. The Morgan fingerprint density at radius 1 is 1.27 bits per heavy atom. The molecule has 174 valence electrons. The van der Waals surface area contributed by atoms with Gasteiger partial charge in [-0.3, -0.25) is 9.67 Å². The maximum Gasteiger partial charge on any atom is 0.319 e. The average molecular weight is 450 g/mol. The van der Waals surface area contributed by atoms with E-state index < -0.39 is 0 Å². The molecule has 0 aliphatic carbocycles. The SMILES string of the molecule is CCC(CC)n1cc(-c2nc(C(C=NC3CN(C(=O)N(C)C)C3)=CN)cn3nccc23)cn1. The number of aromatic nitrogens is 5. The molecule has 1 saturated heterocycles. The van der Waals surface area contributed by atoms with Crippen molar-refractivity contribution in [1.82, 2.24) is 34.2 Å². The largest absolute Gasteiger partial charge is 0.404 e. The third kappa shape index (κ3) is 4.46. The zero-order valence-electron chi connectivity index (χ0n) is 19.6. The molecule has 1 aliphatic heterocycles. The van der Waals surface area contributed by atoms with Crippen LogP contribution in [0.25, 0.3) is 22.3 Å². The molecule has 0 aromatic carbocycles. The summed E-state index contributed by atoms with van der Waals surface area (Å²) in [4.78, 5) is 24.8. The topological polar surface area (TPSA) is 110 Å². The summed E-state index contributed by atoms with van der Waals surface area (Å²) in [6.45, 7) is 5.52. The number of nitrogens with zero attached hydrogens (tertiary/aromatic N) is 8. The van der Waals surface area contributed by atoms with Gasteiger partial charge in [-0.15, -0.1) is 0 Å². The highest BCUT2D eigenvalue weighted by Gasteiger charge is 2.30. The Labute approximate surface area is 193 Å². The van der Waals surface area contributed by atoms with Gasteiger partial charge >= 0.3 is 6.03 Å². The lowest BCUT2D eigenvalue weighted by Crippen LogP contribution is -2.55. The fourth-order valence-corrected chi connectivity index (χ4v) is 3.97. The second-order valence-corrected chi connectivity index (χ2v) is 8.45. The summed E-state index contributed by atoms with van der Waals surface area (Å²) in [6.07, 6.45) is 12.8. The van der Waals surface area contributed by atoms with Gasteiger partial charge in [-0.25, -0.2) is 14.3 Å². The summed E-state index contributed by atoms with van der Waals surface area (Å²) >= 11 is 0. The van der Waals surface area contributed by atoms with Crippen molar-refractivity contribution in [3.8, 4) is 11.3 Å². The van der Waals surface area contributed by atoms with E-state index >= 15 is 0 Å². The molecule has 10 heteroatoms. The second-order valence-electron chi connectivity index (χ2n) is 8.45. The van der Waals surface area contributed by atoms with E-state index in [1.807, 2.05) is 29.3 Å². The molecule has 2 amide bonds. The molecule has 10 nitrogen and oxygen atoms in total. The molecular weight excluding hydrogens is 418 g/mol. The minimum Gasteiger partial charge on any atom is -0.404 e. The predicted octanol–water partition coefficient (Wildman–Crippen LogP) is 2.69. The number of hydrogen-bond donors (Lipinski definition) is 1. The number of urea groups is 1. The Bertz CT molecular complexity index is 1180. The summed E-state index contributed by atoms with van der Waals surface area (Å²) in [7, 11) is 3.49. The van der Waals surface area contributed by atoms with E-state index in [0.717, 1.165) is 29.6 Å². The Balaban J connectivity index is 1.59. The molecule has 1 fully saturated rings. The van der Waals surface area contributed by atoms with Gasteiger partial charge in [0.15, 0.2) is 0 Å². The third-order valence-corrected chi connectivity index (χ3v) is 6.00. The normalized spacial score (nSPS) is 15.1. The lowest BCUT2D eigenvalue weighted by atomic mass is 10.1. The van der Waals surface area contributed by atoms with Crippen molar-refractivity contribution in [3.63, 3.8) is 0 Å². The number of aliphatic imine (C=N–C) groups is 1. The van der Waals surface area contributed by atoms with Crippen molar-refractivity contribution in [2.24, 2.45) is 10.7 Å². The number of rotatable bonds is 7. The van der Waals surface area contributed by atoms with Crippen LogP contribution in [0.5, 0.6) is 0 Å². The predicted molar refractivity (Wildman–Crippen MR) is 129 cm³/mol. The van der Waals surface area contributed by atoms with Gasteiger partial charge in [0.2, 0.25) is 0 Å². The lowest BCUT2D eigenvalue weighted by Gasteiger charge is -2.38. The molecule has 0 spiro atoms. The van der Waals surface area contributed by atoms with E-state index in [-0.39, 0.29) is 12.1 Å². The molecule has 3 aromatic rings. The highest BCUT2D eigenvalue weighted by molar-refractivity contribution is 6.09. The first-order valence-corrected chi connectivity index (χ1v) is 11.3. The Kier molecular flexibility index (Phi) is 6.43. The van der Waals surface area contributed by atoms with Crippen molar-refractivity contribution >= 4 is 23.3 Å². The molecule has 3 aromatic heterocycles. The summed E-state index contributed by atoms with van der Waals surface area (Å²) < 4.78 is 3.80. The van der Waals surface area contributed by atoms with Crippen LogP contribution >= 0.6 is 0 Å². The van der Waals surface area contributed by atoms with Gasteiger partial charge in [-0.1, -0.05) is 13.8 Å². The minimum absolute atomic E-state index is 0.000384. The fraction of sp³-hybridized carbons (Fsp3) is 0.435. The van der Waals surface area contributed by atoms with Crippen LogP contribution in [0.3, 0.4) is 0 Å². The first kappa shape index (κ1) is 22.5. The van der Waals surface area contributed by atoms with Crippen LogP contribution in [0, 0.1) is 0 Å². The van der Waals surface area contributed by atoms with E-state index in [4.69, 9.17) is 10.7 Å². The summed E-state index contributed by atoms with van der Waals surface area (Å²) in [6, 6.07) is 2.34. The number of likely N-dealkylation sites (tertiary alicyclic amines) is 1. The minimum atomic E-state index is 0.000384. The quantitative estimate of drug-likeness (QED) is 0.558. The van der Waals surface area contributed by atoms with Crippen molar-refractivity contribution in [2.75, 3.05) is 27.2 Å². The van der Waals surface area contributed by atoms with E-state index in [9.17, 15) is 4.79 Å². The number of carbonyl (C=O) groups excluding carboxylic acids is 1. The number of hydrogen-bond acceptors (Lipinski definition) is 6. The monoisotopic (exact) mass is 449 g/mol. The first-order valence-electron chi connectivity index (χ1n) is 11.3. The number of fused-ring (bicyclic) bond motifs is 1. The van der Waals surface area contributed by atoms with Crippen LogP contribution in [-0.4, -0.2) is 79.7 Å². The Hall–Kier alpha value is -3.69. The molecule has 0 radical (unpaired) electrons. The molecule has 0 bridgehead atoms. The highest BCUT2D eigenvalue weighted by atomic mass is 16.2.